The summed E-state index contributed by atoms with van der Waals surface area (Å²) < 4.78 is 0. The van der Waals surface area contributed by atoms with Gasteiger partial charge in [0, 0.05) is 12.1 Å². The van der Waals surface area contributed by atoms with Crippen molar-refractivity contribution in [1.29, 1.82) is 0 Å². The number of likely N-dealkylation sites (tertiary alicyclic amines) is 1. The minimum atomic E-state index is 0.227. The number of piperidine rings is 1. The van der Waals surface area contributed by atoms with Crippen molar-refractivity contribution in [2.24, 2.45) is 28.9 Å². The van der Waals surface area contributed by atoms with Crippen molar-refractivity contribution in [1.82, 2.24) is 4.90 Å². The third kappa shape index (κ3) is 5.25. The summed E-state index contributed by atoms with van der Waals surface area (Å²) in [6.07, 6.45) is 5.15. The first-order valence-corrected chi connectivity index (χ1v) is 9.06. The molecule has 0 aromatic heterocycles. The summed E-state index contributed by atoms with van der Waals surface area (Å²) in [6, 6.07) is 0. The summed E-state index contributed by atoms with van der Waals surface area (Å²) in [4.78, 5) is 2.75. The van der Waals surface area contributed by atoms with Crippen LogP contribution in [-0.2, 0) is 0 Å². The van der Waals surface area contributed by atoms with Gasteiger partial charge in [-0.1, -0.05) is 48.5 Å². The highest BCUT2D eigenvalue weighted by molar-refractivity contribution is 4.96. The molecule has 0 atom stereocenters. The Hall–Kier alpha value is -0.0800. The monoisotopic (exact) mass is 296 g/mol. The summed E-state index contributed by atoms with van der Waals surface area (Å²) in [5.41, 5.74) is 6.99. The van der Waals surface area contributed by atoms with E-state index in [1.54, 1.807) is 0 Å². The number of hydrogen-bond acceptors (Lipinski definition) is 2. The van der Waals surface area contributed by atoms with E-state index in [4.69, 9.17) is 5.73 Å². The van der Waals surface area contributed by atoms with Crippen LogP contribution in [0.4, 0.5) is 0 Å². The van der Waals surface area contributed by atoms with E-state index in [0.717, 1.165) is 12.5 Å². The van der Waals surface area contributed by atoms with E-state index in [-0.39, 0.29) is 5.54 Å². The molecule has 1 aliphatic rings. The molecule has 0 spiro atoms. The van der Waals surface area contributed by atoms with Crippen molar-refractivity contribution in [3.05, 3.63) is 0 Å². The standard InChI is InChI=1S/C19H40N2/c1-15(2)12-19(14-20,13-16(3)4)21-10-8-17(9-11-21)18(5,6)7/h15-17H,8-14,20H2,1-7H3. The van der Waals surface area contributed by atoms with E-state index >= 15 is 0 Å². The third-order valence-corrected chi connectivity index (χ3v) is 5.35. The van der Waals surface area contributed by atoms with Gasteiger partial charge in [-0.05, 0) is 61.9 Å². The highest BCUT2D eigenvalue weighted by Crippen LogP contribution is 2.39. The van der Waals surface area contributed by atoms with Crippen LogP contribution in [0.3, 0.4) is 0 Å². The van der Waals surface area contributed by atoms with Crippen molar-refractivity contribution < 1.29 is 0 Å². The molecule has 1 aliphatic heterocycles. The Bertz CT molecular complexity index is 283. The summed E-state index contributed by atoms with van der Waals surface area (Å²) in [5, 5.41) is 0. The van der Waals surface area contributed by atoms with E-state index in [9.17, 15) is 0 Å². The molecule has 21 heavy (non-hydrogen) atoms. The van der Waals surface area contributed by atoms with Crippen molar-refractivity contribution in [2.45, 2.75) is 79.7 Å². The SMILES string of the molecule is CC(C)CC(CN)(CC(C)C)N1CCC(C(C)(C)C)CC1. The lowest BCUT2D eigenvalue weighted by Gasteiger charge is -2.50. The van der Waals surface area contributed by atoms with Gasteiger partial charge in [0.25, 0.3) is 0 Å². The lowest BCUT2D eigenvalue weighted by Crippen LogP contribution is -2.58. The quantitative estimate of drug-likeness (QED) is 0.780. The third-order valence-electron chi connectivity index (χ3n) is 5.35. The highest BCUT2D eigenvalue weighted by Gasteiger charge is 2.40. The van der Waals surface area contributed by atoms with Gasteiger partial charge in [0.2, 0.25) is 0 Å². The molecule has 0 unspecified atom stereocenters. The first-order chi connectivity index (χ1) is 9.60. The molecule has 1 saturated heterocycles. The molecule has 0 aromatic rings. The van der Waals surface area contributed by atoms with Crippen molar-refractivity contribution in [2.75, 3.05) is 19.6 Å². The minimum Gasteiger partial charge on any atom is -0.329 e. The molecule has 2 N–H and O–H groups in total. The van der Waals surface area contributed by atoms with E-state index in [1.165, 1.54) is 38.8 Å². The average molecular weight is 297 g/mol. The van der Waals surface area contributed by atoms with E-state index in [1.807, 2.05) is 0 Å². The Morgan fingerprint density at radius 2 is 1.38 bits per heavy atom. The Morgan fingerprint density at radius 1 is 0.952 bits per heavy atom. The van der Waals surface area contributed by atoms with Gasteiger partial charge in [0.05, 0.1) is 0 Å². The molecule has 0 amide bonds. The maximum Gasteiger partial charge on any atom is 0.0336 e. The topological polar surface area (TPSA) is 29.3 Å². The maximum absolute atomic E-state index is 6.31. The zero-order valence-corrected chi connectivity index (χ0v) is 15.7. The number of nitrogens with two attached hydrogens (primary N) is 1. The second-order valence-electron chi connectivity index (χ2n) is 9.25. The highest BCUT2D eigenvalue weighted by atomic mass is 15.2. The number of nitrogens with zero attached hydrogens (tertiary/aromatic N) is 1. The van der Waals surface area contributed by atoms with Gasteiger partial charge in [-0.25, -0.2) is 0 Å². The Morgan fingerprint density at radius 3 is 1.67 bits per heavy atom. The van der Waals surface area contributed by atoms with Crippen LogP contribution < -0.4 is 5.73 Å². The summed E-state index contributed by atoms with van der Waals surface area (Å²) >= 11 is 0. The van der Waals surface area contributed by atoms with Crippen LogP contribution in [0.5, 0.6) is 0 Å². The molecule has 1 heterocycles. The van der Waals surface area contributed by atoms with Gasteiger partial charge in [0.15, 0.2) is 0 Å². The van der Waals surface area contributed by atoms with Crippen LogP contribution >= 0.6 is 0 Å². The lowest BCUT2D eigenvalue weighted by atomic mass is 9.73. The van der Waals surface area contributed by atoms with E-state index in [2.05, 4.69) is 53.4 Å². The maximum atomic E-state index is 6.31. The molecule has 2 heteroatoms. The zero-order valence-electron chi connectivity index (χ0n) is 15.7. The Kier molecular flexibility index (Phi) is 6.74. The lowest BCUT2D eigenvalue weighted by molar-refractivity contribution is 0.00567. The summed E-state index contributed by atoms with van der Waals surface area (Å²) in [7, 11) is 0. The van der Waals surface area contributed by atoms with Crippen LogP contribution in [0.1, 0.15) is 74.1 Å². The fraction of sp³-hybridized carbons (Fsp3) is 1.00. The fourth-order valence-electron chi connectivity index (χ4n) is 4.38. The van der Waals surface area contributed by atoms with Gasteiger partial charge in [-0.2, -0.15) is 0 Å². The van der Waals surface area contributed by atoms with Gasteiger partial charge < -0.3 is 5.73 Å². The molecule has 0 radical (unpaired) electrons. The molecular formula is C19H40N2. The fourth-order valence-corrected chi connectivity index (χ4v) is 4.38. The van der Waals surface area contributed by atoms with Crippen LogP contribution in [0.25, 0.3) is 0 Å². The first kappa shape index (κ1) is 19.0. The molecule has 0 bridgehead atoms. The normalized spacial score (nSPS) is 19.7. The second-order valence-corrected chi connectivity index (χ2v) is 9.25. The van der Waals surface area contributed by atoms with Crippen LogP contribution in [0, 0.1) is 23.2 Å². The largest absolute Gasteiger partial charge is 0.329 e. The summed E-state index contributed by atoms with van der Waals surface area (Å²) in [5.74, 6) is 2.29. The second kappa shape index (κ2) is 7.46. The Labute approximate surface area is 133 Å². The van der Waals surface area contributed by atoms with Gasteiger partial charge >= 0.3 is 0 Å². The molecule has 2 nitrogen and oxygen atoms in total. The summed E-state index contributed by atoms with van der Waals surface area (Å²) in [6.45, 7) is 19.8. The molecule has 0 saturated carbocycles. The first-order valence-electron chi connectivity index (χ1n) is 9.06. The molecule has 1 rings (SSSR count). The Balaban J connectivity index is 2.81. The van der Waals surface area contributed by atoms with Gasteiger partial charge in [-0.3, -0.25) is 4.90 Å². The van der Waals surface area contributed by atoms with Gasteiger partial charge in [0.1, 0.15) is 0 Å². The number of hydrogen-bond donors (Lipinski definition) is 1. The van der Waals surface area contributed by atoms with Crippen molar-refractivity contribution in [3.63, 3.8) is 0 Å². The van der Waals surface area contributed by atoms with Crippen molar-refractivity contribution >= 4 is 0 Å². The van der Waals surface area contributed by atoms with Crippen LogP contribution in [-0.4, -0.2) is 30.1 Å². The average Bonchev–Trinajstić information content (AvgIpc) is 2.35. The number of rotatable bonds is 6. The predicted molar refractivity (Wildman–Crippen MR) is 94.4 cm³/mol. The molecular weight excluding hydrogens is 256 g/mol. The van der Waals surface area contributed by atoms with E-state index < -0.39 is 0 Å². The molecule has 126 valence electrons. The van der Waals surface area contributed by atoms with Gasteiger partial charge in [-0.15, -0.1) is 0 Å². The molecule has 0 aromatic carbocycles. The predicted octanol–water partition coefficient (Wildman–Crippen LogP) is 4.53. The minimum absolute atomic E-state index is 0.227. The van der Waals surface area contributed by atoms with E-state index in [0.29, 0.717) is 17.3 Å². The smallest absolute Gasteiger partial charge is 0.0336 e. The van der Waals surface area contributed by atoms with Crippen LogP contribution in [0.2, 0.25) is 0 Å². The van der Waals surface area contributed by atoms with Crippen molar-refractivity contribution in [3.8, 4) is 0 Å². The van der Waals surface area contributed by atoms with Crippen LogP contribution in [0.15, 0.2) is 0 Å². The molecule has 0 aliphatic carbocycles. The zero-order chi connectivity index (χ0) is 16.3. The molecule has 1 fully saturated rings.